The van der Waals surface area contributed by atoms with Gasteiger partial charge in [0.1, 0.15) is 11.8 Å². The van der Waals surface area contributed by atoms with E-state index in [4.69, 9.17) is 9.47 Å². The molecule has 1 heterocycles. The van der Waals surface area contributed by atoms with Gasteiger partial charge in [-0.25, -0.2) is 0 Å². The maximum atomic E-state index is 13.0. The molecule has 1 unspecified atom stereocenters. The van der Waals surface area contributed by atoms with Gasteiger partial charge in [-0.3, -0.25) is 14.4 Å². The number of hydrogen-bond acceptors (Lipinski definition) is 5. The molecular weight excluding hydrogens is 512 g/mol. The Bertz CT molecular complexity index is 1040. The van der Waals surface area contributed by atoms with Crippen LogP contribution in [0.15, 0.2) is 53.0 Å². The van der Waals surface area contributed by atoms with E-state index in [-0.39, 0.29) is 36.9 Å². The number of esters is 1. The Morgan fingerprint density at radius 1 is 1.14 bits per heavy atom. The number of amides is 2. The van der Waals surface area contributed by atoms with Crippen molar-refractivity contribution in [2.24, 2.45) is 0 Å². The molecule has 1 atom stereocenters. The average molecular weight is 545 g/mol. The van der Waals surface area contributed by atoms with Gasteiger partial charge in [0.15, 0.2) is 6.61 Å². The number of aryl methyl sites for hydroxylation is 1. The molecule has 1 saturated heterocycles. The molecule has 0 spiro atoms. The lowest BCUT2D eigenvalue weighted by molar-refractivity contribution is -0.152. The van der Waals surface area contributed by atoms with Gasteiger partial charge in [-0.05, 0) is 42.0 Å². The molecule has 0 bridgehead atoms. The fourth-order valence-corrected chi connectivity index (χ4v) is 4.34. The summed E-state index contributed by atoms with van der Waals surface area (Å²) in [6.07, 6.45) is 1.30. The fraction of sp³-hybridized carbons (Fsp3) is 0.444. The number of carbonyl (C=O) groups excluding carboxylic acids is 3. The number of piperazine rings is 1. The van der Waals surface area contributed by atoms with Crippen molar-refractivity contribution in [1.29, 1.82) is 0 Å². The van der Waals surface area contributed by atoms with Crippen molar-refractivity contribution in [3.63, 3.8) is 0 Å². The molecule has 1 fully saturated rings. The van der Waals surface area contributed by atoms with E-state index in [0.717, 1.165) is 16.5 Å². The van der Waals surface area contributed by atoms with Crippen molar-refractivity contribution in [2.45, 2.75) is 51.5 Å². The first-order chi connectivity index (χ1) is 16.6. The fourth-order valence-electron chi connectivity index (χ4n) is 3.98. The summed E-state index contributed by atoms with van der Waals surface area (Å²) in [4.78, 5) is 39.4. The Morgan fingerprint density at radius 3 is 2.60 bits per heavy atom. The first kappa shape index (κ1) is 26.7. The van der Waals surface area contributed by atoms with Gasteiger partial charge in [-0.15, -0.1) is 0 Å². The van der Waals surface area contributed by atoms with Gasteiger partial charge in [0.25, 0.3) is 5.91 Å². The maximum absolute atomic E-state index is 13.0. The third kappa shape index (κ3) is 7.82. The number of rotatable bonds is 9. The second-order valence-corrected chi connectivity index (χ2v) is 10.5. The summed E-state index contributed by atoms with van der Waals surface area (Å²) in [7, 11) is 0. The van der Waals surface area contributed by atoms with Crippen molar-refractivity contribution in [1.82, 2.24) is 10.2 Å². The first-order valence-electron chi connectivity index (χ1n) is 11.8. The van der Waals surface area contributed by atoms with Gasteiger partial charge in [0.2, 0.25) is 5.91 Å². The van der Waals surface area contributed by atoms with E-state index in [9.17, 15) is 14.4 Å². The molecule has 0 saturated carbocycles. The van der Waals surface area contributed by atoms with Gasteiger partial charge in [-0.2, -0.15) is 0 Å². The molecule has 2 aromatic rings. The number of hydrogen-bond donors (Lipinski definition) is 1. The van der Waals surface area contributed by atoms with E-state index in [1.807, 2.05) is 48.5 Å². The SMILES string of the molecule is CC(C)(C)c1cc(Br)ccc1OCC(=O)N1CCNC(=O)C1CC(=O)OCCCc1ccccc1. The number of nitrogens with one attached hydrogen (secondary N) is 1. The van der Waals surface area contributed by atoms with Crippen LogP contribution in [0.4, 0.5) is 0 Å². The molecule has 0 radical (unpaired) electrons. The van der Waals surface area contributed by atoms with Crippen LogP contribution >= 0.6 is 15.9 Å². The predicted octanol–water partition coefficient (Wildman–Crippen LogP) is 4.02. The molecule has 1 aliphatic rings. The summed E-state index contributed by atoms with van der Waals surface area (Å²) in [6, 6.07) is 14.7. The summed E-state index contributed by atoms with van der Waals surface area (Å²) in [5.74, 6) is -0.582. The van der Waals surface area contributed by atoms with Crippen LogP contribution < -0.4 is 10.1 Å². The van der Waals surface area contributed by atoms with Crippen LogP contribution in [0.1, 0.15) is 44.7 Å². The molecule has 0 aliphatic carbocycles. The zero-order valence-corrected chi connectivity index (χ0v) is 22.1. The highest BCUT2D eigenvalue weighted by atomic mass is 79.9. The minimum Gasteiger partial charge on any atom is -0.483 e. The van der Waals surface area contributed by atoms with E-state index >= 15 is 0 Å². The van der Waals surface area contributed by atoms with Crippen molar-refractivity contribution < 1.29 is 23.9 Å². The largest absolute Gasteiger partial charge is 0.483 e. The monoisotopic (exact) mass is 544 g/mol. The van der Waals surface area contributed by atoms with Crippen LogP contribution in [0.5, 0.6) is 5.75 Å². The average Bonchev–Trinajstić information content (AvgIpc) is 2.82. The van der Waals surface area contributed by atoms with Crippen LogP contribution in [-0.2, 0) is 31.0 Å². The smallest absolute Gasteiger partial charge is 0.308 e. The summed E-state index contributed by atoms with van der Waals surface area (Å²) in [5.41, 5.74) is 1.96. The van der Waals surface area contributed by atoms with Crippen LogP contribution in [0.2, 0.25) is 0 Å². The Labute approximate surface area is 215 Å². The first-order valence-corrected chi connectivity index (χ1v) is 12.6. The number of nitrogens with zero attached hydrogens (tertiary/aromatic N) is 1. The second kappa shape index (κ2) is 12.2. The highest BCUT2D eigenvalue weighted by molar-refractivity contribution is 9.10. The minimum atomic E-state index is -0.909. The van der Waals surface area contributed by atoms with Gasteiger partial charge in [0.05, 0.1) is 13.0 Å². The quantitative estimate of drug-likeness (QED) is 0.380. The molecule has 8 heteroatoms. The summed E-state index contributed by atoms with van der Waals surface area (Å²) in [6.45, 7) is 6.89. The molecule has 35 heavy (non-hydrogen) atoms. The Morgan fingerprint density at radius 2 is 1.89 bits per heavy atom. The van der Waals surface area contributed by atoms with E-state index in [0.29, 0.717) is 25.3 Å². The van der Waals surface area contributed by atoms with Crippen LogP contribution in [0.3, 0.4) is 0 Å². The zero-order valence-electron chi connectivity index (χ0n) is 20.5. The lowest BCUT2D eigenvalue weighted by atomic mass is 9.86. The predicted molar refractivity (Wildman–Crippen MR) is 137 cm³/mol. The molecule has 7 nitrogen and oxygen atoms in total. The molecule has 3 rings (SSSR count). The molecule has 2 amide bonds. The van der Waals surface area contributed by atoms with Gasteiger partial charge in [0, 0.05) is 23.1 Å². The Kier molecular flexibility index (Phi) is 9.32. The minimum absolute atomic E-state index is 0.181. The Balaban J connectivity index is 1.55. The van der Waals surface area contributed by atoms with Crippen molar-refractivity contribution in [3.8, 4) is 5.75 Å². The standard InChI is InChI=1S/C27H33BrN2O5/c1-27(2,3)21-16-20(28)11-12-23(21)35-18-24(31)30-14-13-29-26(33)22(30)17-25(32)34-15-7-10-19-8-5-4-6-9-19/h4-6,8-9,11-12,16,22H,7,10,13-15,17-18H2,1-3H3,(H,29,33). The Hall–Kier alpha value is -2.87. The van der Waals surface area contributed by atoms with Crippen LogP contribution in [-0.4, -0.2) is 55.0 Å². The number of ether oxygens (including phenoxy) is 2. The van der Waals surface area contributed by atoms with E-state index in [1.54, 1.807) is 0 Å². The van der Waals surface area contributed by atoms with E-state index < -0.39 is 12.0 Å². The van der Waals surface area contributed by atoms with Crippen molar-refractivity contribution in [3.05, 3.63) is 64.1 Å². The van der Waals surface area contributed by atoms with Crippen molar-refractivity contribution in [2.75, 3.05) is 26.3 Å². The normalized spacial score (nSPS) is 15.9. The van der Waals surface area contributed by atoms with E-state index in [2.05, 4.69) is 42.0 Å². The summed E-state index contributed by atoms with van der Waals surface area (Å²) in [5, 5.41) is 2.73. The number of halogens is 1. The number of benzene rings is 2. The number of carbonyl (C=O) groups is 3. The lowest BCUT2D eigenvalue weighted by Crippen LogP contribution is -2.58. The lowest BCUT2D eigenvalue weighted by Gasteiger charge is -2.34. The molecule has 1 aliphatic heterocycles. The van der Waals surface area contributed by atoms with Gasteiger partial charge in [-0.1, -0.05) is 67.0 Å². The van der Waals surface area contributed by atoms with Gasteiger partial charge < -0.3 is 19.7 Å². The van der Waals surface area contributed by atoms with E-state index in [1.165, 1.54) is 10.5 Å². The summed E-state index contributed by atoms with van der Waals surface area (Å²) < 4.78 is 12.2. The van der Waals surface area contributed by atoms with Crippen LogP contribution in [0, 0.1) is 0 Å². The zero-order chi connectivity index (χ0) is 25.4. The third-order valence-electron chi connectivity index (χ3n) is 5.83. The molecule has 1 N–H and O–H groups in total. The molecular formula is C27H33BrN2O5. The van der Waals surface area contributed by atoms with Crippen LogP contribution in [0.25, 0.3) is 0 Å². The molecule has 2 aromatic carbocycles. The highest BCUT2D eigenvalue weighted by Gasteiger charge is 2.35. The van der Waals surface area contributed by atoms with Crippen molar-refractivity contribution >= 4 is 33.7 Å². The second-order valence-electron chi connectivity index (χ2n) is 9.59. The third-order valence-corrected chi connectivity index (χ3v) is 6.32. The highest BCUT2D eigenvalue weighted by Crippen LogP contribution is 2.33. The van der Waals surface area contributed by atoms with Gasteiger partial charge >= 0.3 is 5.97 Å². The topological polar surface area (TPSA) is 84.9 Å². The molecule has 0 aromatic heterocycles. The molecule has 188 valence electrons. The summed E-state index contributed by atoms with van der Waals surface area (Å²) >= 11 is 3.48. The maximum Gasteiger partial charge on any atom is 0.308 e.